The fraction of sp³-hybridized carbons (Fsp3) is 0.294. The van der Waals surface area contributed by atoms with E-state index in [0.717, 1.165) is 12.1 Å². The van der Waals surface area contributed by atoms with Gasteiger partial charge in [0.05, 0.1) is 5.92 Å². The zero-order chi connectivity index (χ0) is 15.4. The molecule has 0 bridgehead atoms. The third kappa shape index (κ3) is 3.36. The molecule has 3 rings (SSSR count). The normalized spacial score (nSPS) is 17.7. The van der Waals surface area contributed by atoms with Crippen molar-refractivity contribution < 1.29 is 9.59 Å². The lowest BCUT2D eigenvalue weighted by Crippen LogP contribution is -2.34. The van der Waals surface area contributed by atoms with Crippen LogP contribution in [0.1, 0.15) is 12.0 Å². The Balaban J connectivity index is 1.53. The predicted molar refractivity (Wildman–Crippen MR) is 87.9 cm³/mol. The van der Waals surface area contributed by atoms with Crippen LogP contribution in [0.2, 0.25) is 0 Å². The Hall–Kier alpha value is -2.14. The lowest BCUT2D eigenvalue weighted by atomic mass is 10.1. The van der Waals surface area contributed by atoms with Crippen LogP contribution >= 0.6 is 11.3 Å². The van der Waals surface area contributed by atoms with Crippen molar-refractivity contribution in [3.05, 3.63) is 52.7 Å². The highest BCUT2D eigenvalue weighted by atomic mass is 32.1. The number of para-hydroxylation sites is 1. The number of carbonyl (C=O) groups excluding carboxylic acids is 2. The van der Waals surface area contributed by atoms with E-state index < -0.39 is 0 Å². The molecule has 1 fully saturated rings. The molecule has 2 heterocycles. The molecular formula is C17H18N2O2S. The highest BCUT2D eigenvalue weighted by molar-refractivity contribution is 7.07. The molecule has 1 unspecified atom stereocenters. The van der Waals surface area contributed by atoms with E-state index >= 15 is 0 Å². The molecule has 0 spiro atoms. The summed E-state index contributed by atoms with van der Waals surface area (Å²) in [4.78, 5) is 26.0. The van der Waals surface area contributed by atoms with Crippen LogP contribution in [-0.2, 0) is 16.0 Å². The second-order valence-corrected chi connectivity index (χ2v) is 6.19. The van der Waals surface area contributed by atoms with Crippen molar-refractivity contribution in [3.8, 4) is 0 Å². The van der Waals surface area contributed by atoms with Crippen molar-refractivity contribution in [3.63, 3.8) is 0 Å². The van der Waals surface area contributed by atoms with Crippen molar-refractivity contribution in [1.29, 1.82) is 0 Å². The van der Waals surface area contributed by atoms with Gasteiger partial charge in [-0.1, -0.05) is 18.2 Å². The summed E-state index contributed by atoms with van der Waals surface area (Å²) < 4.78 is 0. The monoisotopic (exact) mass is 314 g/mol. The van der Waals surface area contributed by atoms with Crippen LogP contribution in [0.3, 0.4) is 0 Å². The van der Waals surface area contributed by atoms with Crippen LogP contribution in [-0.4, -0.2) is 24.9 Å². The summed E-state index contributed by atoms with van der Waals surface area (Å²) in [6.07, 6.45) is 1.12. The maximum Gasteiger partial charge on any atom is 0.227 e. The van der Waals surface area contributed by atoms with Crippen molar-refractivity contribution in [2.45, 2.75) is 12.8 Å². The summed E-state index contributed by atoms with van der Waals surface area (Å²) >= 11 is 1.66. The maximum absolute atomic E-state index is 12.2. The third-order valence-corrected chi connectivity index (χ3v) is 4.59. The fourth-order valence-corrected chi connectivity index (χ4v) is 3.35. The van der Waals surface area contributed by atoms with Gasteiger partial charge < -0.3 is 10.2 Å². The predicted octanol–water partition coefficient (Wildman–Crippen LogP) is 2.46. The summed E-state index contributed by atoms with van der Waals surface area (Å²) in [5.74, 6) is -0.263. The molecule has 0 saturated carbocycles. The van der Waals surface area contributed by atoms with Crippen LogP contribution in [0.25, 0.3) is 0 Å². The number of benzene rings is 1. The quantitative estimate of drug-likeness (QED) is 0.921. The third-order valence-electron chi connectivity index (χ3n) is 3.86. The van der Waals surface area contributed by atoms with E-state index in [4.69, 9.17) is 0 Å². The van der Waals surface area contributed by atoms with E-state index in [2.05, 4.69) is 16.8 Å². The SMILES string of the molecule is O=C(NCCc1ccsc1)C1CC(=O)N(c2ccccc2)C1. The number of thiophene rings is 1. The standard InChI is InChI=1S/C17H18N2O2S/c20-16-10-14(11-19(16)15-4-2-1-3-5-15)17(21)18-8-6-13-7-9-22-12-13/h1-5,7,9,12,14H,6,8,10-11H2,(H,18,21). The number of amides is 2. The van der Waals surface area contributed by atoms with Crippen LogP contribution < -0.4 is 10.2 Å². The minimum atomic E-state index is -0.254. The Kier molecular flexibility index (Phi) is 4.53. The highest BCUT2D eigenvalue weighted by Crippen LogP contribution is 2.24. The average molecular weight is 314 g/mol. The Bertz CT molecular complexity index is 640. The van der Waals surface area contributed by atoms with Gasteiger partial charge in [0.1, 0.15) is 0 Å². The van der Waals surface area contributed by atoms with Gasteiger partial charge in [-0.05, 0) is 40.9 Å². The van der Waals surface area contributed by atoms with Gasteiger partial charge in [-0.3, -0.25) is 9.59 Å². The second-order valence-electron chi connectivity index (χ2n) is 5.41. The first-order chi connectivity index (χ1) is 10.7. The molecule has 1 aliphatic heterocycles. The molecule has 2 aromatic rings. The van der Waals surface area contributed by atoms with Crippen molar-refractivity contribution in [2.75, 3.05) is 18.0 Å². The number of carbonyl (C=O) groups is 2. The Morgan fingerprint density at radius 2 is 2.09 bits per heavy atom. The molecular weight excluding hydrogens is 296 g/mol. The molecule has 2 amide bonds. The molecule has 22 heavy (non-hydrogen) atoms. The van der Waals surface area contributed by atoms with E-state index in [1.165, 1.54) is 5.56 Å². The van der Waals surface area contributed by atoms with Crippen LogP contribution in [0.15, 0.2) is 47.2 Å². The molecule has 0 radical (unpaired) electrons. The summed E-state index contributed by atoms with van der Waals surface area (Å²) in [6, 6.07) is 11.6. The summed E-state index contributed by atoms with van der Waals surface area (Å²) in [5, 5.41) is 7.06. The number of nitrogens with zero attached hydrogens (tertiary/aromatic N) is 1. The minimum Gasteiger partial charge on any atom is -0.355 e. The highest BCUT2D eigenvalue weighted by Gasteiger charge is 2.34. The molecule has 1 aromatic carbocycles. The van der Waals surface area contributed by atoms with E-state index in [-0.39, 0.29) is 17.7 Å². The largest absolute Gasteiger partial charge is 0.355 e. The van der Waals surface area contributed by atoms with Gasteiger partial charge in [0.25, 0.3) is 0 Å². The number of hydrogen-bond donors (Lipinski definition) is 1. The van der Waals surface area contributed by atoms with Crippen molar-refractivity contribution >= 4 is 28.8 Å². The Labute approximate surface area is 133 Å². The smallest absolute Gasteiger partial charge is 0.227 e. The number of rotatable bonds is 5. The van der Waals surface area contributed by atoms with Gasteiger partial charge in [-0.2, -0.15) is 11.3 Å². The van der Waals surface area contributed by atoms with Gasteiger partial charge in [0.15, 0.2) is 0 Å². The average Bonchev–Trinajstić information content (AvgIpc) is 3.17. The zero-order valence-electron chi connectivity index (χ0n) is 12.2. The number of hydrogen-bond acceptors (Lipinski definition) is 3. The van der Waals surface area contributed by atoms with E-state index in [0.29, 0.717) is 19.5 Å². The molecule has 1 aromatic heterocycles. The van der Waals surface area contributed by atoms with Gasteiger partial charge >= 0.3 is 0 Å². The fourth-order valence-electron chi connectivity index (χ4n) is 2.65. The lowest BCUT2D eigenvalue weighted by Gasteiger charge is -2.16. The molecule has 114 valence electrons. The zero-order valence-corrected chi connectivity index (χ0v) is 13.0. The molecule has 0 aliphatic carbocycles. The molecule has 1 atom stereocenters. The van der Waals surface area contributed by atoms with Gasteiger partial charge in [0.2, 0.25) is 11.8 Å². The van der Waals surface area contributed by atoms with Crippen LogP contribution in [0.4, 0.5) is 5.69 Å². The Morgan fingerprint density at radius 1 is 1.27 bits per heavy atom. The topological polar surface area (TPSA) is 49.4 Å². The number of nitrogens with one attached hydrogen (secondary N) is 1. The van der Waals surface area contributed by atoms with E-state index in [1.54, 1.807) is 16.2 Å². The van der Waals surface area contributed by atoms with Crippen LogP contribution in [0.5, 0.6) is 0 Å². The molecule has 1 aliphatic rings. The van der Waals surface area contributed by atoms with Crippen LogP contribution in [0, 0.1) is 5.92 Å². The minimum absolute atomic E-state index is 0.0178. The maximum atomic E-state index is 12.2. The summed E-state index contributed by atoms with van der Waals surface area (Å²) in [5.41, 5.74) is 2.10. The Morgan fingerprint density at radius 3 is 2.82 bits per heavy atom. The van der Waals surface area contributed by atoms with Gasteiger partial charge in [-0.15, -0.1) is 0 Å². The summed E-state index contributed by atoms with van der Waals surface area (Å²) in [7, 11) is 0. The lowest BCUT2D eigenvalue weighted by molar-refractivity contribution is -0.126. The first-order valence-corrected chi connectivity index (χ1v) is 8.32. The van der Waals surface area contributed by atoms with E-state index in [1.807, 2.05) is 35.7 Å². The first-order valence-electron chi connectivity index (χ1n) is 7.38. The molecule has 1 saturated heterocycles. The number of anilines is 1. The van der Waals surface area contributed by atoms with E-state index in [9.17, 15) is 9.59 Å². The van der Waals surface area contributed by atoms with Crippen molar-refractivity contribution in [2.24, 2.45) is 5.92 Å². The molecule has 1 N–H and O–H groups in total. The molecule has 5 heteroatoms. The molecule has 4 nitrogen and oxygen atoms in total. The summed E-state index contributed by atoms with van der Waals surface area (Å²) in [6.45, 7) is 1.08. The van der Waals surface area contributed by atoms with Gasteiger partial charge in [-0.25, -0.2) is 0 Å². The first kappa shape index (κ1) is 14.8. The van der Waals surface area contributed by atoms with Gasteiger partial charge in [0, 0.05) is 25.2 Å². The van der Waals surface area contributed by atoms with Crippen molar-refractivity contribution in [1.82, 2.24) is 5.32 Å². The second kappa shape index (κ2) is 6.75.